The van der Waals surface area contributed by atoms with Gasteiger partial charge in [-0.25, -0.2) is 23.1 Å². The van der Waals surface area contributed by atoms with E-state index in [1.165, 1.54) is 23.1 Å². The number of halogens is 3. The number of rotatable bonds is 3. The van der Waals surface area contributed by atoms with Crippen LogP contribution in [0.4, 0.5) is 13.2 Å². The molecule has 0 N–H and O–H groups in total. The smallest absolute Gasteiger partial charge is 0.259 e. The quantitative estimate of drug-likeness (QED) is 0.650. The molecule has 0 bridgehead atoms. The molecule has 0 aliphatic carbocycles. The Labute approximate surface area is 166 Å². The molecule has 1 saturated heterocycles. The van der Waals surface area contributed by atoms with Crippen molar-refractivity contribution in [1.82, 2.24) is 14.9 Å². The Hall–Kier alpha value is -3.22. The highest BCUT2D eigenvalue weighted by atomic mass is 19.1. The molecule has 1 aliphatic rings. The summed E-state index contributed by atoms with van der Waals surface area (Å²) in [5, 5.41) is 0. The van der Waals surface area contributed by atoms with Crippen LogP contribution in [0.15, 0.2) is 54.7 Å². The Bertz CT molecular complexity index is 1020. The monoisotopic (exact) mass is 397 g/mol. The number of carbonyl (C=O) groups is 1. The van der Waals surface area contributed by atoms with Crippen LogP contribution in [0.5, 0.6) is 0 Å². The normalized spacial score (nSPS) is 16.7. The average Bonchev–Trinajstić information content (AvgIpc) is 2.74. The van der Waals surface area contributed by atoms with Gasteiger partial charge in [0.2, 0.25) is 0 Å². The van der Waals surface area contributed by atoms with Gasteiger partial charge in [0.1, 0.15) is 23.0 Å². The van der Waals surface area contributed by atoms with E-state index in [0.717, 1.165) is 24.2 Å². The second-order valence-corrected chi connectivity index (χ2v) is 7.00. The lowest BCUT2D eigenvalue weighted by Crippen LogP contribution is -2.40. The summed E-state index contributed by atoms with van der Waals surface area (Å²) < 4.78 is 41.2. The summed E-state index contributed by atoms with van der Waals surface area (Å²) in [4.78, 5) is 23.0. The lowest BCUT2D eigenvalue weighted by atomic mass is 9.94. The third-order valence-corrected chi connectivity index (χ3v) is 5.08. The van der Waals surface area contributed by atoms with Crippen molar-refractivity contribution in [3.8, 4) is 11.4 Å². The van der Waals surface area contributed by atoms with E-state index < -0.39 is 23.1 Å². The molecule has 1 amide bonds. The molecule has 2 heterocycles. The van der Waals surface area contributed by atoms with Crippen molar-refractivity contribution < 1.29 is 18.0 Å². The number of nitrogens with zero attached hydrogens (tertiary/aromatic N) is 3. The maximum Gasteiger partial charge on any atom is 0.259 e. The predicted octanol–water partition coefficient (Wildman–Crippen LogP) is 4.58. The summed E-state index contributed by atoms with van der Waals surface area (Å²) in [6.45, 7) is 0.742. The van der Waals surface area contributed by atoms with Crippen LogP contribution in [-0.2, 0) is 0 Å². The molecule has 0 radical (unpaired) electrons. The molecule has 7 heteroatoms. The number of benzene rings is 2. The van der Waals surface area contributed by atoms with Gasteiger partial charge in [-0.15, -0.1) is 0 Å². The average molecular weight is 397 g/mol. The summed E-state index contributed by atoms with van der Waals surface area (Å²) in [6.07, 6.45) is 3.12. The first-order valence-corrected chi connectivity index (χ1v) is 9.35. The van der Waals surface area contributed by atoms with E-state index in [1.54, 1.807) is 24.4 Å². The molecule has 2 aromatic carbocycles. The minimum atomic E-state index is -0.863. The van der Waals surface area contributed by atoms with E-state index in [0.29, 0.717) is 30.9 Å². The van der Waals surface area contributed by atoms with E-state index in [9.17, 15) is 18.0 Å². The van der Waals surface area contributed by atoms with Crippen LogP contribution in [-0.4, -0.2) is 33.9 Å². The number of carbonyl (C=O) groups excluding carboxylic acids is 1. The van der Waals surface area contributed by atoms with Crippen molar-refractivity contribution >= 4 is 5.91 Å². The van der Waals surface area contributed by atoms with E-state index >= 15 is 0 Å². The molecule has 1 aliphatic heterocycles. The molecule has 1 fully saturated rings. The number of likely N-dealkylation sites (tertiary alicyclic amines) is 1. The molecule has 4 rings (SSSR count). The maximum atomic E-state index is 14.0. The first kappa shape index (κ1) is 19.1. The first-order chi connectivity index (χ1) is 14.0. The van der Waals surface area contributed by atoms with Gasteiger partial charge >= 0.3 is 0 Å². The summed E-state index contributed by atoms with van der Waals surface area (Å²) in [5.74, 6) is -2.34. The molecule has 1 aromatic heterocycles. The van der Waals surface area contributed by atoms with Crippen molar-refractivity contribution in [2.45, 2.75) is 18.8 Å². The molecule has 1 unspecified atom stereocenters. The Kier molecular flexibility index (Phi) is 5.29. The van der Waals surface area contributed by atoms with Gasteiger partial charge in [0.15, 0.2) is 5.82 Å². The number of piperidine rings is 1. The molecule has 29 heavy (non-hydrogen) atoms. The van der Waals surface area contributed by atoms with Gasteiger partial charge < -0.3 is 4.90 Å². The zero-order chi connectivity index (χ0) is 20.4. The van der Waals surface area contributed by atoms with Crippen LogP contribution < -0.4 is 0 Å². The molecule has 1 atom stereocenters. The summed E-state index contributed by atoms with van der Waals surface area (Å²) in [7, 11) is 0. The fraction of sp³-hybridized carbons (Fsp3) is 0.227. The number of amides is 1. The Balaban J connectivity index is 1.57. The number of aromatic nitrogens is 2. The van der Waals surface area contributed by atoms with Gasteiger partial charge in [0, 0.05) is 36.5 Å². The highest BCUT2D eigenvalue weighted by Crippen LogP contribution is 2.28. The summed E-state index contributed by atoms with van der Waals surface area (Å²) in [5.41, 5.74) is 0.902. The van der Waals surface area contributed by atoms with Gasteiger partial charge in [-0.2, -0.15) is 0 Å². The molecule has 4 nitrogen and oxygen atoms in total. The van der Waals surface area contributed by atoms with Crippen LogP contribution in [0.3, 0.4) is 0 Å². The SMILES string of the molecule is O=C(c1c(F)cccc1F)N1CCCC(c2ccnc(-c3ccc(F)cc3)n2)C1. The second kappa shape index (κ2) is 8.03. The van der Waals surface area contributed by atoms with Gasteiger partial charge in [-0.1, -0.05) is 6.07 Å². The molecule has 0 spiro atoms. The minimum Gasteiger partial charge on any atom is -0.338 e. The van der Waals surface area contributed by atoms with Crippen molar-refractivity contribution in [2.24, 2.45) is 0 Å². The van der Waals surface area contributed by atoms with Crippen molar-refractivity contribution in [1.29, 1.82) is 0 Å². The molecule has 3 aromatic rings. The summed E-state index contributed by atoms with van der Waals surface area (Å²) >= 11 is 0. The fourth-order valence-electron chi connectivity index (χ4n) is 3.60. The lowest BCUT2D eigenvalue weighted by Gasteiger charge is -2.32. The molecule has 0 saturated carbocycles. The van der Waals surface area contributed by atoms with Crippen molar-refractivity contribution in [3.05, 3.63) is 83.4 Å². The number of hydrogen-bond donors (Lipinski definition) is 0. The molecular weight excluding hydrogens is 379 g/mol. The van der Waals surface area contributed by atoms with Gasteiger partial charge in [0.05, 0.1) is 0 Å². The zero-order valence-corrected chi connectivity index (χ0v) is 15.5. The van der Waals surface area contributed by atoms with Crippen molar-refractivity contribution in [2.75, 3.05) is 13.1 Å². The Morgan fingerprint density at radius 2 is 1.72 bits per heavy atom. The van der Waals surface area contributed by atoms with Crippen LogP contribution in [0, 0.1) is 17.5 Å². The molecular formula is C22H18F3N3O. The second-order valence-electron chi connectivity index (χ2n) is 7.00. The molecule has 148 valence electrons. The first-order valence-electron chi connectivity index (χ1n) is 9.35. The largest absolute Gasteiger partial charge is 0.338 e. The Morgan fingerprint density at radius 1 is 1.00 bits per heavy atom. The predicted molar refractivity (Wildman–Crippen MR) is 102 cm³/mol. The third kappa shape index (κ3) is 3.99. The van der Waals surface area contributed by atoms with Crippen molar-refractivity contribution in [3.63, 3.8) is 0 Å². The standard InChI is InChI=1S/C22H18F3N3O/c23-16-8-6-14(7-9-16)21-26-11-10-19(27-21)15-3-2-12-28(13-15)22(29)20-17(24)4-1-5-18(20)25/h1,4-11,15H,2-3,12-13H2. The maximum absolute atomic E-state index is 14.0. The van der Waals surface area contributed by atoms with Gasteiger partial charge in [-0.3, -0.25) is 4.79 Å². The lowest BCUT2D eigenvalue weighted by molar-refractivity contribution is 0.0696. The highest BCUT2D eigenvalue weighted by molar-refractivity contribution is 5.94. The van der Waals surface area contributed by atoms with E-state index in [4.69, 9.17) is 0 Å². The minimum absolute atomic E-state index is 0.0790. The van der Waals surface area contributed by atoms with Crippen LogP contribution in [0.2, 0.25) is 0 Å². The van der Waals surface area contributed by atoms with Crippen LogP contribution in [0.1, 0.15) is 34.8 Å². The van der Waals surface area contributed by atoms with E-state index in [2.05, 4.69) is 9.97 Å². The van der Waals surface area contributed by atoms with Crippen LogP contribution >= 0.6 is 0 Å². The summed E-state index contributed by atoms with van der Waals surface area (Å²) in [6, 6.07) is 11.1. The zero-order valence-electron chi connectivity index (χ0n) is 15.5. The third-order valence-electron chi connectivity index (χ3n) is 5.08. The highest BCUT2D eigenvalue weighted by Gasteiger charge is 2.29. The van der Waals surface area contributed by atoms with Crippen LogP contribution in [0.25, 0.3) is 11.4 Å². The van der Waals surface area contributed by atoms with E-state index in [1.807, 2.05) is 0 Å². The van der Waals surface area contributed by atoms with E-state index in [-0.39, 0.29) is 11.7 Å². The Morgan fingerprint density at radius 3 is 2.45 bits per heavy atom. The fourth-order valence-corrected chi connectivity index (χ4v) is 3.60. The van der Waals surface area contributed by atoms with Gasteiger partial charge in [-0.05, 0) is 55.3 Å². The topological polar surface area (TPSA) is 46.1 Å². The van der Waals surface area contributed by atoms with Gasteiger partial charge in [0.25, 0.3) is 5.91 Å². The number of hydrogen-bond acceptors (Lipinski definition) is 3.